The van der Waals surface area contributed by atoms with Crippen LogP contribution in [0.3, 0.4) is 0 Å². The summed E-state index contributed by atoms with van der Waals surface area (Å²) in [4.78, 5) is 8.86. The van der Waals surface area contributed by atoms with Crippen molar-refractivity contribution in [1.82, 2.24) is 14.8 Å². The van der Waals surface area contributed by atoms with Crippen molar-refractivity contribution in [3.63, 3.8) is 0 Å². The number of alkyl halides is 3. The SMILES string of the molecule is C=C(N1CCc2ncc(C(F)(F)F)cc2C1)C1(CC2CC2)CCN(Cc2cc3c(cc2OC)CC(C)O3)C1. The Morgan fingerprint density at radius 3 is 2.76 bits per heavy atom. The maximum absolute atomic E-state index is 13.3. The molecule has 5 nitrogen and oxygen atoms in total. The summed E-state index contributed by atoms with van der Waals surface area (Å²) in [5.74, 6) is 2.58. The van der Waals surface area contributed by atoms with Crippen LogP contribution in [0.15, 0.2) is 36.7 Å². The van der Waals surface area contributed by atoms with Crippen molar-refractivity contribution in [2.45, 2.75) is 70.8 Å². The van der Waals surface area contributed by atoms with Gasteiger partial charge in [-0.3, -0.25) is 9.88 Å². The number of rotatable bonds is 7. The normalized spacial score (nSPS) is 25.2. The van der Waals surface area contributed by atoms with Gasteiger partial charge < -0.3 is 14.4 Å². The Kier molecular flexibility index (Phi) is 6.36. The smallest absolute Gasteiger partial charge is 0.417 e. The molecule has 4 aliphatic rings. The monoisotopic (exact) mass is 527 g/mol. The molecule has 0 radical (unpaired) electrons. The van der Waals surface area contributed by atoms with Crippen LogP contribution in [-0.2, 0) is 32.1 Å². The van der Waals surface area contributed by atoms with Crippen LogP contribution < -0.4 is 9.47 Å². The van der Waals surface area contributed by atoms with E-state index in [1.165, 1.54) is 24.5 Å². The zero-order chi connectivity index (χ0) is 26.7. The van der Waals surface area contributed by atoms with Crippen molar-refractivity contribution in [3.05, 3.63) is 64.6 Å². The molecule has 0 amide bonds. The van der Waals surface area contributed by atoms with Crippen LogP contribution in [-0.4, -0.2) is 47.6 Å². The van der Waals surface area contributed by atoms with E-state index in [-0.39, 0.29) is 11.5 Å². The van der Waals surface area contributed by atoms with E-state index in [4.69, 9.17) is 9.47 Å². The molecule has 0 bridgehead atoms. The van der Waals surface area contributed by atoms with Gasteiger partial charge in [0.15, 0.2) is 0 Å². The summed E-state index contributed by atoms with van der Waals surface area (Å²) in [5.41, 5.74) is 4.10. The zero-order valence-electron chi connectivity index (χ0n) is 22.2. The summed E-state index contributed by atoms with van der Waals surface area (Å²) < 4.78 is 51.8. The van der Waals surface area contributed by atoms with Crippen molar-refractivity contribution >= 4 is 0 Å². The predicted octanol–water partition coefficient (Wildman–Crippen LogP) is 6.00. The minimum absolute atomic E-state index is 0.0668. The Bertz CT molecular complexity index is 1240. The van der Waals surface area contributed by atoms with Gasteiger partial charge >= 0.3 is 6.18 Å². The fourth-order valence-electron chi connectivity index (χ4n) is 6.67. The fraction of sp³-hybridized carbons (Fsp3) is 0.567. The highest BCUT2D eigenvalue weighted by atomic mass is 19.4. The van der Waals surface area contributed by atoms with E-state index < -0.39 is 11.7 Å². The lowest BCUT2D eigenvalue weighted by Crippen LogP contribution is -2.40. The average Bonchev–Trinajstić information content (AvgIpc) is 3.48. The fourth-order valence-corrected chi connectivity index (χ4v) is 6.67. The Morgan fingerprint density at radius 2 is 2.03 bits per heavy atom. The van der Waals surface area contributed by atoms with Gasteiger partial charge in [-0.25, -0.2) is 0 Å². The third-order valence-electron chi connectivity index (χ3n) is 8.86. The number of benzene rings is 1. The molecule has 1 aromatic heterocycles. The summed E-state index contributed by atoms with van der Waals surface area (Å²) in [6, 6.07) is 5.54. The third kappa shape index (κ3) is 4.88. The van der Waals surface area contributed by atoms with Crippen LogP contribution in [0.2, 0.25) is 0 Å². The maximum atomic E-state index is 13.3. The Hall–Kier alpha value is -2.74. The Morgan fingerprint density at radius 1 is 1.21 bits per heavy atom. The third-order valence-corrected chi connectivity index (χ3v) is 8.86. The van der Waals surface area contributed by atoms with Crippen LogP contribution >= 0.6 is 0 Å². The minimum atomic E-state index is -4.39. The Labute approximate surface area is 222 Å². The van der Waals surface area contributed by atoms with Gasteiger partial charge in [-0.05, 0) is 56.0 Å². The quantitative estimate of drug-likeness (QED) is 0.442. The van der Waals surface area contributed by atoms with Gasteiger partial charge in [-0.1, -0.05) is 19.4 Å². The first kappa shape index (κ1) is 25.5. The predicted molar refractivity (Wildman–Crippen MR) is 139 cm³/mol. The van der Waals surface area contributed by atoms with Gasteiger partial charge in [0.2, 0.25) is 0 Å². The number of nitrogens with zero attached hydrogens (tertiary/aromatic N) is 3. The highest BCUT2D eigenvalue weighted by Gasteiger charge is 2.46. The van der Waals surface area contributed by atoms with E-state index >= 15 is 0 Å². The molecule has 2 unspecified atom stereocenters. The number of hydrogen-bond donors (Lipinski definition) is 0. The molecule has 38 heavy (non-hydrogen) atoms. The molecule has 8 heteroatoms. The first-order valence-corrected chi connectivity index (χ1v) is 13.7. The van der Waals surface area contributed by atoms with Crippen molar-refractivity contribution in [3.8, 4) is 11.5 Å². The van der Waals surface area contributed by atoms with Crippen LogP contribution in [0.4, 0.5) is 13.2 Å². The molecule has 1 saturated carbocycles. The first-order valence-electron chi connectivity index (χ1n) is 13.7. The Balaban J connectivity index is 1.21. The number of hydrogen-bond acceptors (Lipinski definition) is 5. The topological polar surface area (TPSA) is 37.8 Å². The standard InChI is InChI=1S/C30H36F3N3O2/c1-19-10-22-12-27(37-3)24(13-28(22)38-19)16-35-9-7-29(18-35,14-21-4-5-21)20(2)36-8-6-26-23(17-36)11-25(15-34-26)30(31,32)33/h11-13,15,19,21H,2,4-10,14,16-18H2,1,3H3. The molecule has 6 rings (SSSR count). The molecular weight excluding hydrogens is 491 g/mol. The summed E-state index contributed by atoms with van der Waals surface area (Å²) in [6.07, 6.45) is 2.91. The summed E-state index contributed by atoms with van der Waals surface area (Å²) in [6.45, 7) is 10.5. The van der Waals surface area contributed by atoms with E-state index in [2.05, 4.69) is 40.4 Å². The van der Waals surface area contributed by atoms with E-state index in [0.717, 1.165) is 80.1 Å². The number of fused-ring (bicyclic) bond motifs is 2. The molecule has 1 saturated heterocycles. The summed E-state index contributed by atoms with van der Waals surface area (Å²) in [7, 11) is 1.72. The van der Waals surface area contributed by atoms with Crippen molar-refractivity contribution in [1.29, 1.82) is 0 Å². The van der Waals surface area contributed by atoms with Crippen molar-refractivity contribution < 1.29 is 22.6 Å². The lowest BCUT2D eigenvalue weighted by Gasteiger charge is -2.41. The molecule has 2 fully saturated rings. The minimum Gasteiger partial charge on any atom is -0.496 e. The van der Waals surface area contributed by atoms with Crippen LogP contribution in [0.25, 0.3) is 0 Å². The molecule has 3 aliphatic heterocycles. The van der Waals surface area contributed by atoms with Crippen LogP contribution in [0.5, 0.6) is 11.5 Å². The second-order valence-electron chi connectivity index (χ2n) is 11.7. The molecule has 4 heterocycles. The molecular formula is C30H36F3N3O2. The molecule has 0 N–H and O–H groups in total. The molecule has 0 spiro atoms. The number of methoxy groups -OCH3 is 1. The lowest BCUT2D eigenvalue weighted by molar-refractivity contribution is -0.137. The molecule has 204 valence electrons. The van der Waals surface area contributed by atoms with E-state index in [9.17, 15) is 13.2 Å². The second kappa shape index (κ2) is 9.47. The van der Waals surface area contributed by atoms with Gasteiger partial charge in [-0.2, -0.15) is 13.2 Å². The molecule has 1 aliphatic carbocycles. The van der Waals surface area contributed by atoms with E-state index in [0.29, 0.717) is 24.4 Å². The lowest BCUT2D eigenvalue weighted by atomic mass is 9.77. The highest BCUT2D eigenvalue weighted by Crippen LogP contribution is 2.50. The summed E-state index contributed by atoms with van der Waals surface area (Å²) in [5, 5.41) is 0. The van der Waals surface area contributed by atoms with Gasteiger partial charge in [0.25, 0.3) is 0 Å². The average molecular weight is 528 g/mol. The molecule has 2 atom stereocenters. The highest BCUT2D eigenvalue weighted by molar-refractivity contribution is 5.48. The van der Waals surface area contributed by atoms with Gasteiger partial charge in [-0.15, -0.1) is 0 Å². The first-order chi connectivity index (χ1) is 18.1. The zero-order valence-corrected chi connectivity index (χ0v) is 22.2. The number of halogens is 3. The van der Waals surface area contributed by atoms with Gasteiger partial charge in [0.1, 0.15) is 17.6 Å². The van der Waals surface area contributed by atoms with Crippen molar-refractivity contribution in [2.24, 2.45) is 11.3 Å². The largest absolute Gasteiger partial charge is 0.496 e. The number of aromatic nitrogens is 1. The van der Waals surface area contributed by atoms with E-state index in [1.807, 2.05) is 0 Å². The molecule has 2 aromatic rings. The van der Waals surface area contributed by atoms with Crippen LogP contribution in [0, 0.1) is 11.3 Å². The van der Waals surface area contributed by atoms with Gasteiger partial charge in [0.05, 0.1) is 12.7 Å². The van der Waals surface area contributed by atoms with Crippen LogP contribution in [0.1, 0.15) is 60.6 Å². The van der Waals surface area contributed by atoms with Crippen molar-refractivity contribution in [2.75, 3.05) is 26.7 Å². The van der Waals surface area contributed by atoms with Gasteiger partial charge in [0, 0.05) is 73.2 Å². The van der Waals surface area contributed by atoms with E-state index in [1.54, 1.807) is 7.11 Å². The maximum Gasteiger partial charge on any atom is 0.417 e. The second-order valence-corrected chi connectivity index (χ2v) is 11.7. The number of pyridine rings is 1. The summed E-state index contributed by atoms with van der Waals surface area (Å²) >= 11 is 0. The number of likely N-dealkylation sites (tertiary alicyclic amines) is 1. The number of ether oxygens (including phenoxy) is 2. The molecule has 1 aromatic carbocycles.